The molecule has 4 aliphatic heterocycles. The summed E-state index contributed by atoms with van der Waals surface area (Å²) in [6, 6.07) is 0. The largest absolute Gasteiger partial charge is 0.393 e. The zero-order valence-corrected chi connectivity index (χ0v) is 12.2. The Morgan fingerprint density at radius 3 is 2.43 bits per heavy atom. The van der Waals surface area contributed by atoms with E-state index in [0.29, 0.717) is 0 Å². The standard InChI is InChI=1S/C12H19N3O8/c1-15-9(13)14-7(18)3-5-10(20,2-16)6-4(17)11(3,15)8(19)12(21,22-5)23-6/h3-8,16-21H,2H2,1H3,(H2,13,14)/p+1. The van der Waals surface area contributed by atoms with Crippen LogP contribution in [0.3, 0.4) is 0 Å². The van der Waals surface area contributed by atoms with Crippen LogP contribution in [0.15, 0.2) is 0 Å². The maximum absolute atomic E-state index is 10.8. The molecule has 4 heterocycles. The van der Waals surface area contributed by atoms with Gasteiger partial charge in [0.05, 0.1) is 19.6 Å². The molecule has 9 unspecified atom stereocenters. The Balaban J connectivity index is 2.01. The third-order valence-corrected chi connectivity index (χ3v) is 5.81. The zero-order chi connectivity index (χ0) is 16.9. The SMILES string of the molecule is C[N+]1=C(N)NC(O)C2C3OC4(O)OC(C(O)C21C4O)C3(O)CO. The van der Waals surface area contributed by atoms with Crippen molar-refractivity contribution in [1.82, 2.24) is 5.32 Å². The van der Waals surface area contributed by atoms with Gasteiger partial charge in [-0.15, -0.1) is 0 Å². The Hall–Kier alpha value is -1.05. The van der Waals surface area contributed by atoms with E-state index in [1.807, 2.05) is 0 Å². The summed E-state index contributed by atoms with van der Waals surface area (Å²) in [5.41, 5.74) is 2.06. The van der Waals surface area contributed by atoms with E-state index in [2.05, 4.69) is 5.32 Å². The smallest absolute Gasteiger partial charge is 0.346 e. The summed E-state index contributed by atoms with van der Waals surface area (Å²) in [6.45, 7) is -0.840. The summed E-state index contributed by atoms with van der Waals surface area (Å²) < 4.78 is 11.7. The van der Waals surface area contributed by atoms with E-state index in [9.17, 15) is 30.6 Å². The Morgan fingerprint density at radius 1 is 1.22 bits per heavy atom. The molecule has 4 bridgehead atoms. The first-order valence-electron chi connectivity index (χ1n) is 7.23. The monoisotopic (exact) mass is 334 g/mol. The Kier molecular flexibility index (Phi) is 2.78. The molecule has 0 radical (unpaired) electrons. The van der Waals surface area contributed by atoms with Gasteiger partial charge in [0.2, 0.25) is 0 Å². The lowest BCUT2D eigenvalue weighted by Gasteiger charge is -2.70. The van der Waals surface area contributed by atoms with Crippen molar-refractivity contribution < 1.29 is 44.7 Å². The minimum Gasteiger partial charge on any atom is -0.393 e. The van der Waals surface area contributed by atoms with E-state index in [1.165, 1.54) is 11.6 Å². The minimum atomic E-state index is -2.50. The average Bonchev–Trinajstić information content (AvgIpc) is 2.49. The fraction of sp³-hybridized carbons (Fsp3) is 0.917. The van der Waals surface area contributed by atoms with Crippen LogP contribution in [0.4, 0.5) is 0 Å². The molecule has 1 saturated carbocycles. The molecular weight excluding hydrogens is 314 g/mol. The third-order valence-electron chi connectivity index (χ3n) is 5.81. The molecule has 9 atom stereocenters. The van der Waals surface area contributed by atoms with Gasteiger partial charge in [-0.1, -0.05) is 0 Å². The van der Waals surface area contributed by atoms with Crippen molar-refractivity contribution in [3.8, 4) is 0 Å². The first-order valence-corrected chi connectivity index (χ1v) is 7.23. The predicted molar refractivity (Wildman–Crippen MR) is 69.5 cm³/mol. The first-order chi connectivity index (χ1) is 10.6. The van der Waals surface area contributed by atoms with Crippen molar-refractivity contribution in [3.63, 3.8) is 0 Å². The first kappa shape index (κ1) is 15.5. The van der Waals surface area contributed by atoms with Gasteiger partial charge >= 0.3 is 11.9 Å². The second-order valence-corrected chi connectivity index (χ2v) is 6.65. The molecule has 3 saturated heterocycles. The predicted octanol–water partition coefficient (Wildman–Crippen LogP) is -5.88. The molecule has 1 spiro atoms. The Bertz CT molecular complexity index is 603. The number of nitrogens with two attached hydrogens (primary N) is 1. The minimum absolute atomic E-state index is 0.0371. The Morgan fingerprint density at radius 2 is 1.83 bits per heavy atom. The summed E-state index contributed by atoms with van der Waals surface area (Å²) in [6.07, 6.45) is -7.52. The normalized spacial score (nSPS) is 60.7. The maximum Gasteiger partial charge on any atom is 0.346 e. The molecule has 4 fully saturated rings. The molecule has 0 aromatic carbocycles. The fourth-order valence-corrected chi connectivity index (χ4v) is 4.68. The number of aliphatic hydroxyl groups is 6. The van der Waals surface area contributed by atoms with Crippen LogP contribution >= 0.6 is 0 Å². The number of aliphatic hydroxyl groups excluding tert-OH is 4. The number of hydrogen-bond donors (Lipinski definition) is 8. The van der Waals surface area contributed by atoms with E-state index in [0.717, 1.165) is 0 Å². The highest BCUT2D eigenvalue weighted by atomic mass is 16.9. The van der Waals surface area contributed by atoms with Crippen LogP contribution in [0.1, 0.15) is 0 Å². The van der Waals surface area contributed by atoms with Crippen molar-refractivity contribution in [3.05, 3.63) is 0 Å². The van der Waals surface area contributed by atoms with Gasteiger partial charge in [0.25, 0.3) is 0 Å². The molecule has 11 heteroatoms. The molecule has 5 aliphatic rings. The van der Waals surface area contributed by atoms with Crippen molar-refractivity contribution in [2.24, 2.45) is 11.7 Å². The molecule has 0 aromatic rings. The summed E-state index contributed by atoms with van der Waals surface area (Å²) >= 11 is 0. The van der Waals surface area contributed by atoms with Gasteiger partial charge in [0.1, 0.15) is 23.9 Å². The fourth-order valence-electron chi connectivity index (χ4n) is 4.68. The molecule has 130 valence electrons. The van der Waals surface area contributed by atoms with Crippen LogP contribution < -0.4 is 11.1 Å². The lowest BCUT2D eigenvalue weighted by atomic mass is 9.54. The van der Waals surface area contributed by atoms with Gasteiger partial charge in [-0.05, 0) is 0 Å². The van der Waals surface area contributed by atoms with Crippen molar-refractivity contribution in [2.45, 2.75) is 47.8 Å². The van der Waals surface area contributed by atoms with Crippen LogP contribution in [0, 0.1) is 5.92 Å². The summed E-state index contributed by atoms with van der Waals surface area (Å²) in [5.74, 6) is -3.65. The molecule has 0 amide bonds. The molecular formula is C12H20N3O8+. The molecule has 0 aromatic heterocycles. The van der Waals surface area contributed by atoms with Crippen LogP contribution in [-0.4, -0.2) is 103 Å². The van der Waals surface area contributed by atoms with Crippen molar-refractivity contribution in [1.29, 1.82) is 0 Å². The number of nitrogens with one attached hydrogen (secondary N) is 1. The van der Waals surface area contributed by atoms with E-state index >= 15 is 0 Å². The number of nitrogens with zero attached hydrogens (tertiary/aromatic N) is 1. The molecule has 9 N–H and O–H groups in total. The summed E-state index contributed by atoms with van der Waals surface area (Å²) in [4.78, 5) is 0. The number of guanidine groups is 1. The second kappa shape index (κ2) is 4.13. The number of ether oxygens (including phenoxy) is 2. The third kappa shape index (κ3) is 1.38. The topological polar surface area (TPSA) is 181 Å². The molecule has 23 heavy (non-hydrogen) atoms. The van der Waals surface area contributed by atoms with E-state index in [-0.39, 0.29) is 5.96 Å². The van der Waals surface area contributed by atoms with Crippen molar-refractivity contribution >= 4 is 5.96 Å². The molecule has 11 nitrogen and oxygen atoms in total. The van der Waals surface area contributed by atoms with Gasteiger partial charge in [0.15, 0.2) is 17.9 Å². The zero-order valence-electron chi connectivity index (χ0n) is 12.2. The van der Waals surface area contributed by atoms with E-state index < -0.39 is 60.3 Å². The quantitative estimate of drug-likeness (QED) is 0.215. The van der Waals surface area contributed by atoms with Crippen LogP contribution in [0.25, 0.3) is 0 Å². The maximum atomic E-state index is 10.8. The highest BCUT2D eigenvalue weighted by Crippen LogP contribution is 2.59. The molecule has 1 aliphatic carbocycles. The average molecular weight is 334 g/mol. The number of likely N-dealkylation sites (N-methyl/N-ethyl adjacent to an activating group) is 1. The van der Waals surface area contributed by atoms with E-state index in [1.54, 1.807) is 0 Å². The van der Waals surface area contributed by atoms with Crippen molar-refractivity contribution in [2.75, 3.05) is 13.7 Å². The van der Waals surface area contributed by atoms with Crippen LogP contribution in [0.5, 0.6) is 0 Å². The summed E-state index contributed by atoms with van der Waals surface area (Å²) in [7, 11) is 1.46. The van der Waals surface area contributed by atoms with Crippen LogP contribution in [-0.2, 0) is 9.47 Å². The van der Waals surface area contributed by atoms with Crippen LogP contribution in [0.2, 0.25) is 0 Å². The van der Waals surface area contributed by atoms with Gasteiger partial charge < -0.3 is 40.1 Å². The second-order valence-electron chi connectivity index (χ2n) is 6.65. The molecule has 5 rings (SSSR count). The lowest BCUT2D eigenvalue weighted by molar-refractivity contribution is -0.699. The van der Waals surface area contributed by atoms with Gasteiger partial charge in [-0.3, -0.25) is 15.6 Å². The summed E-state index contributed by atoms with van der Waals surface area (Å²) in [5, 5.41) is 65.2. The highest BCUT2D eigenvalue weighted by molar-refractivity contribution is 5.74. The van der Waals surface area contributed by atoms with Gasteiger partial charge in [0, 0.05) is 0 Å². The van der Waals surface area contributed by atoms with Gasteiger partial charge in [-0.25, -0.2) is 0 Å². The number of hydrogen-bond acceptors (Lipinski definition) is 10. The number of rotatable bonds is 1. The highest BCUT2D eigenvalue weighted by Gasteiger charge is 2.85. The van der Waals surface area contributed by atoms with Gasteiger partial charge in [-0.2, -0.15) is 0 Å². The van der Waals surface area contributed by atoms with E-state index in [4.69, 9.17) is 15.2 Å². The lowest BCUT2D eigenvalue weighted by Crippen LogP contribution is -2.95. The Labute approximate surface area is 130 Å².